The number of nitrogens with zero attached hydrogens (tertiary/aromatic N) is 2. The van der Waals surface area contributed by atoms with E-state index < -0.39 is 0 Å². The third-order valence-electron chi connectivity index (χ3n) is 4.17. The molecule has 0 aliphatic heterocycles. The van der Waals surface area contributed by atoms with Gasteiger partial charge in [-0.15, -0.1) is 11.3 Å². The molecule has 0 bridgehead atoms. The van der Waals surface area contributed by atoms with Crippen LogP contribution in [0.15, 0.2) is 5.51 Å². The van der Waals surface area contributed by atoms with Crippen molar-refractivity contribution in [2.45, 2.75) is 39.2 Å². The van der Waals surface area contributed by atoms with Crippen LogP contribution in [0, 0.1) is 18.8 Å². The predicted octanol–water partition coefficient (Wildman–Crippen LogP) is 2.65. The molecule has 1 saturated carbocycles. The van der Waals surface area contributed by atoms with Gasteiger partial charge in [0.15, 0.2) is 0 Å². The summed E-state index contributed by atoms with van der Waals surface area (Å²) in [6, 6.07) is 0. The SMILES string of the molecule is Cc1ncsc1CN(C)CC1CCCCC1CN. The lowest BCUT2D eigenvalue weighted by Gasteiger charge is -2.33. The van der Waals surface area contributed by atoms with E-state index in [2.05, 4.69) is 23.9 Å². The van der Waals surface area contributed by atoms with Crippen LogP contribution in [0.5, 0.6) is 0 Å². The van der Waals surface area contributed by atoms with Crippen molar-refractivity contribution in [3.05, 3.63) is 16.1 Å². The molecule has 102 valence electrons. The molecule has 18 heavy (non-hydrogen) atoms. The zero-order valence-corrected chi connectivity index (χ0v) is 12.4. The Labute approximate surface area is 114 Å². The van der Waals surface area contributed by atoms with Crippen molar-refractivity contribution in [2.75, 3.05) is 20.1 Å². The third-order valence-corrected chi connectivity index (χ3v) is 5.09. The maximum Gasteiger partial charge on any atom is 0.0798 e. The van der Waals surface area contributed by atoms with Gasteiger partial charge >= 0.3 is 0 Å². The molecule has 1 aliphatic rings. The van der Waals surface area contributed by atoms with Crippen molar-refractivity contribution < 1.29 is 0 Å². The molecule has 1 aromatic rings. The summed E-state index contributed by atoms with van der Waals surface area (Å²) in [4.78, 5) is 8.16. The molecule has 4 heteroatoms. The lowest BCUT2D eigenvalue weighted by Crippen LogP contribution is -2.35. The quantitative estimate of drug-likeness (QED) is 0.892. The number of nitrogens with two attached hydrogens (primary N) is 1. The van der Waals surface area contributed by atoms with Gasteiger partial charge < -0.3 is 10.6 Å². The number of hydrogen-bond acceptors (Lipinski definition) is 4. The molecule has 1 aliphatic carbocycles. The summed E-state index contributed by atoms with van der Waals surface area (Å²) in [5, 5.41) is 0. The van der Waals surface area contributed by atoms with Gasteiger partial charge in [0.2, 0.25) is 0 Å². The summed E-state index contributed by atoms with van der Waals surface area (Å²) >= 11 is 1.77. The van der Waals surface area contributed by atoms with Gasteiger partial charge in [-0.1, -0.05) is 12.8 Å². The smallest absolute Gasteiger partial charge is 0.0798 e. The molecular weight excluding hydrogens is 242 g/mol. The number of rotatable bonds is 5. The maximum absolute atomic E-state index is 5.90. The Morgan fingerprint density at radius 1 is 1.39 bits per heavy atom. The highest BCUT2D eigenvalue weighted by Gasteiger charge is 2.25. The highest BCUT2D eigenvalue weighted by molar-refractivity contribution is 7.09. The summed E-state index contributed by atoms with van der Waals surface area (Å²) in [7, 11) is 2.22. The summed E-state index contributed by atoms with van der Waals surface area (Å²) in [6.07, 6.45) is 5.44. The topological polar surface area (TPSA) is 42.2 Å². The highest BCUT2D eigenvalue weighted by atomic mass is 32.1. The average molecular weight is 267 g/mol. The highest BCUT2D eigenvalue weighted by Crippen LogP contribution is 2.30. The van der Waals surface area contributed by atoms with E-state index in [0.29, 0.717) is 0 Å². The molecule has 0 radical (unpaired) electrons. The molecule has 0 saturated heterocycles. The van der Waals surface area contributed by atoms with Gasteiger partial charge in [-0.2, -0.15) is 0 Å². The van der Waals surface area contributed by atoms with Crippen molar-refractivity contribution in [3.8, 4) is 0 Å². The van der Waals surface area contributed by atoms with Crippen molar-refractivity contribution in [3.63, 3.8) is 0 Å². The van der Waals surface area contributed by atoms with Gasteiger partial charge in [-0.05, 0) is 45.2 Å². The van der Waals surface area contributed by atoms with Crippen LogP contribution in [-0.2, 0) is 6.54 Å². The monoisotopic (exact) mass is 267 g/mol. The molecule has 2 atom stereocenters. The molecule has 1 fully saturated rings. The molecule has 0 aromatic carbocycles. The van der Waals surface area contributed by atoms with E-state index in [1.807, 2.05) is 5.51 Å². The summed E-state index contributed by atoms with van der Waals surface area (Å²) in [5.41, 5.74) is 9.04. The standard InChI is InChI=1S/C14H25N3S/c1-11-14(18-10-16-11)9-17(2)8-13-6-4-3-5-12(13)7-15/h10,12-13H,3-9,15H2,1-2H3. The van der Waals surface area contributed by atoms with Crippen LogP contribution in [0.4, 0.5) is 0 Å². The third kappa shape index (κ3) is 3.53. The number of hydrogen-bond donors (Lipinski definition) is 1. The molecular formula is C14H25N3S. The summed E-state index contributed by atoms with van der Waals surface area (Å²) in [5.74, 6) is 1.53. The van der Waals surface area contributed by atoms with Gasteiger partial charge in [-0.3, -0.25) is 0 Å². The van der Waals surface area contributed by atoms with E-state index in [-0.39, 0.29) is 0 Å². The second kappa shape index (κ2) is 6.64. The average Bonchev–Trinajstić information content (AvgIpc) is 2.75. The van der Waals surface area contributed by atoms with Crippen LogP contribution in [0.3, 0.4) is 0 Å². The first kappa shape index (κ1) is 14.0. The first-order valence-electron chi connectivity index (χ1n) is 6.98. The van der Waals surface area contributed by atoms with Crippen LogP contribution in [0.25, 0.3) is 0 Å². The Bertz CT molecular complexity index is 364. The summed E-state index contributed by atoms with van der Waals surface area (Å²) < 4.78 is 0. The fraction of sp³-hybridized carbons (Fsp3) is 0.786. The van der Waals surface area contributed by atoms with Gasteiger partial charge in [-0.25, -0.2) is 4.98 Å². The normalized spacial score (nSPS) is 24.7. The van der Waals surface area contributed by atoms with Crippen LogP contribution < -0.4 is 5.73 Å². The van der Waals surface area contributed by atoms with Gasteiger partial charge in [0.05, 0.1) is 11.2 Å². The van der Waals surface area contributed by atoms with Crippen molar-refractivity contribution in [1.82, 2.24) is 9.88 Å². The van der Waals surface area contributed by atoms with E-state index in [1.54, 1.807) is 11.3 Å². The van der Waals surface area contributed by atoms with E-state index >= 15 is 0 Å². The molecule has 1 aromatic heterocycles. The minimum absolute atomic E-state index is 0.740. The van der Waals surface area contributed by atoms with E-state index in [9.17, 15) is 0 Å². The minimum atomic E-state index is 0.740. The molecule has 2 rings (SSSR count). The zero-order valence-electron chi connectivity index (χ0n) is 11.6. The molecule has 2 N–H and O–H groups in total. The van der Waals surface area contributed by atoms with Crippen LogP contribution in [0.1, 0.15) is 36.3 Å². The fourth-order valence-corrected chi connectivity index (χ4v) is 3.88. The van der Waals surface area contributed by atoms with Crippen molar-refractivity contribution >= 4 is 11.3 Å². The van der Waals surface area contributed by atoms with E-state index in [1.165, 1.54) is 42.8 Å². The van der Waals surface area contributed by atoms with Crippen molar-refractivity contribution in [2.24, 2.45) is 17.6 Å². The number of aryl methyl sites for hydroxylation is 1. The molecule has 2 unspecified atom stereocenters. The van der Waals surface area contributed by atoms with E-state index in [0.717, 1.165) is 24.9 Å². The predicted molar refractivity (Wildman–Crippen MR) is 77.7 cm³/mol. The number of thiazole rings is 1. The Hall–Kier alpha value is -0.450. The Balaban J connectivity index is 1.86. The van der Waals surface area contributed by atoms with Crippen LogP contribution in [-0.4, -0.2) is 30.0 Å². The van der Waals surface area contributed by atoms with Crippen LogP contribution >= 0.6 is 11.3 Å². The zero-order chi connectivity index (χ0) is 13.0. The van der Waals surface area contributed by atoms with Gasteiger partial charge in [0.25, 0.3) is 0 Å². The summed E-state index contributed by atoms with van der Waals surface area (Å²) in [6.45, 7) is 5.17. The lowest BCUT2D eigenvalue weighted by atomic mass is 9.79. The molecule has 0 spiro atoms. The second-order valence-electron chi connectivity index (χ2n) is 5.60. The molecule has 1 heterocycles. The molecule has 3 nitrogen and oxygen atoms in total. The molecule has 0 amide bonds. The fourth-order valence-electron chi connectivity index (χ4n) is 3.02. The maximum atomic E-state index is 5.90. The first-order valence-corrected chi connectivity index (χ1v) is 7.86. The Morgan fingerprint density at radius 3 is 2.72 bits per heavy atom. The lowest BCUT2D eigenvalue weighted by molar-refractivity contribution is 0.170. The van der Waals surface area contributed by atoms with E-state index in [4.69, 9.17) is 5.73 Å². The van der Waals surface area contributed by atoms with Gasteiger partial charge in [0.1, 0.15) is 0 Å². The van der Waals surface area contributed by atoms with Crippen LogP contribution in [0.2, 0.25) is 0 Å². The first-order chi connectivity index (χ1) is 8.70. The minimum Gasteiger partial charge on any atom is -0.330 e. The van der Waals surface area contributed by atoms with Gasteiger partial charge in [0, 0.05) is 18.0 Å². The van der Waals surface area contributed by atoms with Crippen molar-refractivity contribution in [1.29, 1.82) is 0 Å². The largest absolute Gasteiger partial charge is 0.330 e. The Morgan fingerprint density at radius 2 is 2.11 bits per heavy atom. The second-order valence-corrected chi connectivity index (χ2v) is 6.54. The Kier molecular flexibility index (Phi) is 5.15. The number of aromatic nitrogens is 1.